The van der Waals surface area contributed by atoms with Gasteiger partial charge in [-0.25, -0.2) is 4.98 Å². The van der Waals surface area contributed by atoms with Crippen LogP contribution in [0.5, 0.6) is 0 Å². The van der Waals surface area contributed by atoms with Crippen molar-refractivity contribution in [2.75, 3.05) is 0 Å². The summed E-state index contributed by atoms with van der Waals surface area (Å²) in [6.45, 7) is 1.99. The van der Waals surface area contributed by atoms with Crippen molar-refractivity contribution in [2.24, 2.45) is 5.73 Å². The van der Waals surface area contributed by atoms with Crippen LogP contribution in [0.1, 0.15) is 11.1 Å². The molecule has 1 aromatic heterocycles. The van der Waals surface area contributed by atoms with Crippen molar-refractivity contribution in [1.29, 1.82) is 5.41 Å². The SMILES string of the molecule is Cc1cc(C(=N)N)ccc1-n1ccnc1. The number of amidine groups is 1. The van der Waals surface area contributed by atoms with E-state index in [1.807, 2.05) is 35.9 Å². The molecule has 0 amide bonds. The number of nitrogens with two attached hydrogens (primary N) is 1. The van der Waals surface area contributed by atoms with Gasteiger partial charge < -0.3 is 10.3 Å². The Labute approximate surface area is 87.9 Å². The van der Waals surface area contributed by atoms with Crippen LogP contribution in [0.3, 0.4) is 0 Å². The molecular weight excluding hydrogens is 188 g/mol. The van der Waals surface area contributed by atoms with Crippen molar-refractivity contribution in [3.05, 3.63) is 48.0 Å². The van der Waals surface area contributed by atoms with Gasteiger partial charge in [-0.2, -0.15) is 0 Å². The van der Waals surface area contributed by atoms with E-state index >= 15 is 0 Å². The van der Waals surface area contributed by atoms with Gasteiger partial charge in [-0.05, 0) is 30.7 Å². The fourth-order valence-electron chi connectivity index (χ4n) is 1.51. The summed E-state index contributed by atoms with van der Waals surface area (Å²) < 4.78 is 1.93. The number of imidazole rings is 1. The van der Waals surface area contributed by atoms with Crippen LogP contribution in [0.2, 0.25) is 0 Å². The first-order valence-electron chi connectivity index (χ1n) is 4.62. The van der Waals surface area contributed by atoms with Crippen molar-refractivity contribution < 1.29 is 0 Å². The second kappa shape index (κ2) is 3.57. The normalized spacial score (nSPS) is 10.2. The standard InChI is InChI=1S/C11H12N4/c1-8-6-9(11(12)13)2-3-10(8)15-5-4-14-7-15/h2-7H,1H3,(H3,12,13). The number of aromatic nitrogens is 2. The van der Waals surface area contributed by atoms with Crippen LogP contribution in [0.25, 0.3) is 5.69 Å². The summed E-state index contributed by atoms with van der Waals surface area (Å²) in [5, 5.41) is 7.34. The fraction of sp³-hybridized carbons (Fsp3) is 0.0909. The third-order valence-corrected chi connectivity index (χ3v) is 2.29. The molecule has 4 nitrogen and oxygen atoms in total. The monoisotopic (exact) mass is 200 g/mol. The topological polar surface area (TPSA) is 67.7 Å². The summed E-state index contributed by atoms with van der Waals surface area (Å²) in [6, 6.07) is 5.68. The average molecular weight is 200 g/mol. The Bertz CT molecular complexity index is 485. The first-order valence-corrected chi connectivity index (χ1v) is 4.62. The second-order valence-corrected chi connectivity index (χ2v) is 3.38. The minimum Gasteiger partial charge on any atom is -0.384 e. The minimum atomic E-state index is 0.0929. The van der Waals surface area contributed by atoms with Crippen molar-refractivity contribution in [2.45, 2.75) is 6.92 Å². The molecule has 76 valence electrons. The zero-order chi connectivity index (χ0) is 10.8. The Balaban J connectivity index is 2.48. The Hall–Kier alpha value is -2.10. The molecule has 0 atom stereocenters. The second-order valence-electron chi connectivity index (χ2n) is 3.38. The highest BCUT2D eigenvalue weighted by atomic mass is 15.0. The van der Waals surface area contributed by atoms with Crippen molar-refractivity contribution >= 4 is 5.84 Å². The smallest absolute Gasteiger partial charge is 0.122 e. The van der Waals surface area contributed by atoms with Gasteiger partial charge in [-0.15, -0.1) is 0 Å². The lowest BCUT2D eigenvalue weighted by atomic mass is 10.1. The van der Waals surface area contributed by atoms with E-state index in [9.17, 15) is 0 Å². The molecule has 0 radical (unpaired) electrons. The van der Waals surface area contributed by atoms with Gasteiger partial charge in [-0.1, -0.05) is 0 Å². The number of nitrogens with zero attached hydrogens (tertiary/aromatic N) is 2. The number of nitrogens with one attached hydrogen (secondary N) is 1. The fourth-order valence-corrected chi connectivity index (χ4v) is 1.51. The van der Waals surface area contributed by atoms with Crippen LogP contribution >= 0.6 is 0 Å². The molecule has 1 aromatic carbocycles. The lowest BCUT2D eigenvalue weighted by Crippen LogP contribution is -2.11. The molecule has 15 heavy (non-hydrogen) atoms. The Morgan fingerprint density at radius 1 is 1.47 bits per heavy atom. The quantitative estimate of drug-likeness (QED) is 0.569. The molecule has 0 bridgehead atoms. The van der Waals surface area contributed by atoms with Gasteiger partial charge in [0.25, 0.3) is 0 Å². The summed E-state index contributed by atoms with van der Waals surface area (Å²) in [7, 11) is 0. The van der Waals surface area contributed by atoms with Gasteiger partial charge in [0, 0.05) is 23.6 Å². The number of hydrogen-bond donors (Lipinski definition) is 2. The molecule has 3 N–H and O–H groups in total. The summed E-state index contributed by atoms with van der Waals surface area (Å²) in [4.78, 5) is 3.99. The van der Waals surface area contributed by atoms with Crippen LogP contribution in [-0.4, -0.2) is 15.4 Å². The van der Waals surface area contributed by atoms with Gasteiger partial charge in [0.1, 0.15) is 5.84 Å². The molecule has 0 spiro atoms. The first kappa shape index (κ1) is 9.45. The molecule has 0 saturated heterocycles. The maximum atomic E-state index is 7.34. The van der Waals surface area contributed by atoms with E-state index in [0.717, 1.165) is 16.8 Å². The maximum absolute atomic E-state index is 7.34. The zero-order valence-electron chi connectivity index (χ0n) is 8.44. The molecule has 0 saturated carbocycles. The Morgan fingerprint density at radius 2 is 2.27 bits per heavy atom. The highest BCUT2D eigenvalue weighted by molar-refractivity contribution is 5.95. The predicted octanol–water partition coefficient (Wildman–Crippen LogP) is 1.46. The molecule has 2 aromatic rings. The molecule has 2 rings (SSSR count). The zero-order valence-corrected chi connectivity index (χ0v) is 8.44. The lowest BCUT2D eigenvalue weighted by Gasteiger charge is -2.08. The summed E-state index contributed by atoms with van der Waals surface area (Å²) >= 11 is 0. The average Bonchev–Trinajstić information content (AvgIpc) is 2.70. The van der Waals surface area contributed by atoms with Gasteiger partial charge in [0.05, 0.1) is 6.33 Å². The highest BCUT2D eigenvalue weighted by Gasteiger charge is 2.03. The summed E-state index contributed by atoms with van der Waals surface area (Å²) in [5.41, 5.74) is 8.29. The Morgan fingerprint density at radius 3 is 2.80 bits per heavy atom. The van der Waals surface area contributed by atoms with E-state index in [1.165, 1.54) is 0 Å². The molecule has 0 aliphatic rings. The summed E-state index contributed by atoms with van der Waals surface area (Å²) in [6.07, 6.45) is 5.36. The largest absolute Gasteiger partial charge is 0.384 e. The van der Waals surface area contributed by atoms with Crippen LogP contribution in [0.15, 0.2) is 36.9 Å². The van der Waals surface area contributed by atoms with E-state index in [4.69, 9.17) is 11.1 Å². The number of benzene rings is 1. The van der Waals surface area contributed by atoms with Crippen molar-refractivity contribution in [3.63, 3.8) is 0 Å². The van der Waals surface area contributed by atoms with E-state index in [2.05, 4.69) is 4.98 Å². The molecule has 1 heterocycles. The van der Waals surface area contributed by atoms with Crippen LogP contribution < -0.4 is 5.73 Å². The Kier molecular flexibility index (Phi) is 2.25. The summed E-state index contributed by atoms with van der Waals surface area (Å²) in [5.74, 6) is 0.0929. The molecule has 0 aliphatic carbocycles. The number of nitrogen functional groups attached to an aromatic ring is 1. The molecule has 0 aliphatic heterocycles. The first-order chi connectivity index (χ1) is 7.18. The van der Waals surface area contributed by atoms with Crippen LogP contribution in [0.4, 0.5) is 0 Å². The minimum absolute atomic E-state index is 0.0929. The number of hydrogen-bond acceptors (Lipinski definition) is 2. The van der Waals surface area contributed by atoms with Gasteiger partial charge in [-0.3, -0.25) is 5.41 Å². The third kappa shape index (κ3) is 1.74. The van der Waals surface area contributed by atoms with Crippen molar-refractivity contribution in [1.82, 2.24) is 9.55 Å². The molecular formula is C11H12N4. The van der Waals surface area contributed by atoms with E-state index < -0.39 is 0 Å². The maximum Gasteiger partial charge on any atom is 0.122 e. The molecule has 4 heteroatoms. The van der Waals surface area contributed by atoms with Crippen LogP contribution in [-0.2, 0) is 0 Å². The van der Waals surface area contributed by atoms with E-state index in [-0.39, 0.29) is 5.84 Å². The predicted molar refractivity (Wildman–Crippen MR) is 59.3 cm³/mol. The third-order valence-electron chi connectivity index (χ3n) is 2.29. The van der Waals surface area contributed by atoms with Gasteiger partial charge in [0.2, 0.25) is 0 Å². The van der Waals surface area contributed by atoms with E-state index in [0.29, 0.717) is 0 Å². The molecule has 0 unspecified atom stereocenters. The van der Waals surface area contributed by atoms with Gasteiger partial charge >= 0.3 is 0 Å². The highest BCUT2D eigenvalue weighted by Crippen LogP contribution is 2.15. The lowest BCUT2D eigenvalue weighted by molar-refractivity contribution is 1.04. The van der Waals surface area contributed by atoms with Crippen molar-refractivity contribution in [3.8, 4) is 5.69 Å². The van der Waals surface area contributed by atoms with Crippen LogP contribution in [0, 0.1) is 12.3 Å². The van der Waals surface area contributed by atoms with Gasteiger partial charge in [0.15, 0.2) is 0 Å². The molecule has 0 fully saturated rings. The number of aryl methyl sites for hydroxylation is 1. The number of rotatable bonds is 2. The van der Waals surface area contributed by atoms with E-state index in [1.54, 1.807) is 12.5 Å².